The van der Waals surface area contributed by atoms with Gasteiger partial charge in [-0.2, -0.15) is 0 Å². The van der Waals surface area contributed by atoms with Crippen molar-refractivity contribution in [1.29, 1.82) is 0 Å². The molecule has 0 saturated heterocycles. The Morgan fingerprint density at radius 2 is 2.40 bits per heavy atom. The second kappa shape index (κ2) is 3.53. The fourth-order valence-electron chi connectivity index (χ4n) is 1.43. The van der Waals surface area contributed by atoms with Crippen molar-refractivity contribution >= 4 is 23.3 Å². The largest absolute Gasteiger partial charge is 0.464 e. The molecule has 2 aromatic heterocycles. The number of carbonyl (C=O) groups excluding carboxylic acids is 2. The first-order chi connectivity index (χ1) is 7.27. The molecule has 0 aliphatic rings. The number of hydrogen-bond donors (Lipinski definition) is 1. The average Bonchev–Trinajstić information content (AvgIpc) is 2.66. The van der Waals surface area contributed by atoms with Gasteiger partial charge in [-0.05, 0) is 12.1 Å². The Morgan fingerprint density at radius 1 is 1.60 bits per heavy atom. The number of carbonyl (C=O) groups is 2. The first kappa shape index (κ1) is 9.39. The second-order valence-corrected chi connectivity index (χ2v) is 2.92. The predicted octanol–water partition coefficient (Wildman–Crippen LogP) is 1.16. The third-order valence-corrected chi connectivity index (χ3v) is 2.12. The maximum Gasteiger partial charge on any atom is 0.355 e. The van der Waals surface area contributed by atoms with Crippen molar-refractivity contribution in [3.05, 3.63) is 29.6 Å². The minimum atomic E-state index is -0.574. The van der Waals surface area contributed by atoms with Gasteiger partial charge in [-0.3, -0.25) is 4.79 Å². The van der Waals surface area contributed by atoms with Crippen LogP contribution in [-0.2, 0) is 4.74 Å². The zero-order chi connectivity index (χ0) is 10.8. The number of esters is 1. The van der Waals surface area contributed by atoms with E-state index >= 15 is 0 Å². The lowest BCUT2D eigenvalue weighted by Crippen LogP contribution is -2.04. The second-order valence-electron chi connectivity index (χ2n) is 2.92. The number of aromatic nitrogens is 2. The number of nitrogens with zero attached hydrogens (tertiary/aromatic N) is 1. The summed E-state index contributed by atoms with van der Waals surface area (Å²) >= 11 is 0. The third-order valence-electron chi connectivity index (χ3n) is 2.12. The number of aromatic amines is 1. The number of fused-ring (bicyclic) bond motifs is 1. The molecule has 76 valence electrons. The molecule has 5 heteroatoms. The van der Waals surface area contributed by atoms with E-state index in [9.17, 15) is 9.59 Å². The zero-order valence-electron chi connectivity index (χ0n) is 7.98. The van der Waals surface area contributed by atoms with Crippen LogP contribution in [0.2, 0.25) is 0 Å². The summed E-state index contributed by atoms with van der Waals surface area (Å²) in [6.45, 7) is 0. The molecule has 0 aliphatic carbocycles. The van der Waals surface area contributed by atoms with Crippen molar-refractivity contribution in [2.24, 2.45) is 0 Å². The SMILES string of the molecule is COC(=O)c1[nH]c2ncccc2c1C=O. The van der Waals surface area contributed by atoms with Gasteiger partial charge >= 0.3 is 5.97 Å². The average molecular weight is 204 g/mol. The quantitative estimate of drug-likeness (QED) is 0.588. The first-order valence-corrected chi connectivity index (χ1v) is 4.28. The fraction of sp³-hybridized carbons (Fsp3) is 0.100. The van der Waals surface area contributed by atoms with Crippen LogP contribution in [0.15, 0.2) is 18.3 Å². The van der Waals surface area contributed by atoms with Crippen molar-refractivity contribution in [2.45, 2.75) is 0 Å². The van der Waals surface area contributed by atoms with Crippen molar-refractivity contribution < 1.29 is 14.3 Å². The maximum absolute atomic E-state index is 11.3. The van der Waals surface area contributed by atoms with Crippen molar-refractivity contribution in [3.8, 4) is 0 Å². The molecule has 0 spiro atoms. The Bertz CT molecular complexity index is 530. The van der Waals surface area contributed by atoms with E-state index in [1.807, 2.05) is 0 Å². The van der Waals surface area contributed by atoms with Crippen LogP contribution >= 0.6 is 0 Å². The van der Waals surface area contributed by atoms with Gasteiger partial charge in [-0.15, -0.1) is 0 Å². The summed E-state index contributed by atoms with van der Waals surface area (Å²) in [4.78, 5) is 28.9. The third kappa shape index (κ3) is 1.38. The standard InChI is InChI=1S/C10H8N2O3/c1-15-10(14)8-7(5-13)6-3-2-4-11-9(6)12-8/h2-5H,1H3,(H,11,12). The van der Waals surface area contributed by atoms with E-state index in [0.29, 0.717) is 17.3 Å². The van der Waals surface area contributed by atoms with Gasteiger partial charge in [-0.1, -0.05) is 0 Å². The van der Waals surface area contributed by atoms with Crippen LogP contribution in [0.4, 0.5) is 0 Å². The summed E-state index contributed by atoms with van der Waals surface area (Å²) in [6.07, 6.45) is 2.20. The highest BCUT2D eigenvalue weighted by atomic mass is 16.5. The smallest absolute Gasteiger partial charge is 0.355 e. The number of nitrogens with one attached hydrogen (secondary N) is 1. The van der Waals surface area contributed by atoms with Gasteiger partial charge in [0.15, 0.2) is 6.29 Å². The summed E-state index contributed by atoms with van der Waals surface area (Å²) in [7, 11) is 1.26. The van der Waals surface area contributed by atoms with Crippen LogP contribution in [0, 0.1) is 0 Å². The number of pyridine rings is 1. The number of aldehydes is 1. The molecular formula is C10H8N2O3. The molecule has 0 unspecified atom stereocenters. The molecule has 2 aromatic rings. The Kier molecular flexibility index (Phi) is 2.21. The number of methoxy groups -OCH3 is 1. The predicted molar refractivity (Wildman–Crippen MR) is 52.8 cm³/mol. The van der Waals surface area contributed by atoms with Crippen LogP contribution in [0.25, 0.3) is 11.0 Å². The van der Waals surface area contributed by atoms with Gasteiger partial charge in [0.2, 0.25) is 0 Å². The molecule has 0 bridgehead atoms. The Morgan fingerprint density at radius 3 is 3.07 bits per heavy atom. The van der Waals surface area contributed by atoms with Gasteiger partial charge < -0.3 is 9.72 Å². The van der Waals surface area contributed by atoms with E-state index in [2.05, 4.69) is 14.7 Å². The molecule has 15 heavy (non-hydrogen) atoms. The topological polar surface area (TPSA) is 72.1 Å². The molecule has 0 amide bonds. The highest BCUT2D eigenvalue weighted by molar-refractivity contribution is 6.07. The van der Waals surface area contributed by atoms with E-state index in [1.165, 1.54) is 7.11 Å². The van der Waals surface area contributed by atoms with Gasteiger partial charge in [0, 0.05) is 11.6 Å². The van der Waals surface area contributed by atoms with Crippen molar-refractivity contribution in [2.75, 3.05) is 7.11 Å². The Hall–Kier alpha value is -2.17. The van der Waals surface area contributed by atoms with E-state index in [4.69, 9.17) is 0 Å². The van der Waals surface area contributed by atoms with Crippen molar-refractivity contribution in [1.82, 2.24) is 9.97 Å². The minimum Gasteiger partial charge on any atom is -0.464 e. The summed E-state index contributed by atoms with van der Waals surface area (Å²) in [5, 5.41) is 0.618. The molecule has 0 saturated carbocycles. The lowest BCUT2D eigenvalue weighted by atomic mass is 10.2. The van der Waals surface area contributed by atoms with Gasteiger partial charge in [-0.25, -0.2) is 9.78 Å². The number of ether oxygens (including phenoxy) is 1. The molecular weight excluding hydrogens is 196 g/mol. The zero-order valence-corrected chi connectivity index (χ0v) is 7.98. The monoisotopic (exact) mass is 204 g/mol. The van der Waals surface area contributed by atoms with Gasteiger partial charge in [0.1, 0.15) is 11.3 Å². The summed E-state index contributed by atoms with van der Waals surface area (Å²) in [5.41, 5.74) is 0.922. The molecule has 2 rings (SSSR count). The van der Waals surface area contributed by atoms with Gasteiger partial charge in [0.05, 0.1) is 12.7 Å². The van der Waals surface area contributed by atoms with E-state index < -0.39 is 5.97 Å². The molecule has 0 atom stereocenters. The Labute approximate surface area is 85.1 Å². The molecule has 0 fully saturated rings. The van der Waals surface area contributed by atoms with Crippen LogP contribution < -0.4 is 0 Å². The van der Waals surface area contributed by atoms with E-state index in [0.717, 1.165) is 0 Å². The highest BCUT2D eigenvalue weighted by Gasteiger charge is 2.17. The minimum absolute atomic E-state index is 0.140. The molecule has 0 aliphatic heterocycles. The van der Waals surface area contributed by atoms with Crippen molar-refractivity contribution in [3.63, 3.8) is 0 Å². The van der Waals surface area contributed by atoms with Crippen LogP contribution in [-0.4, -0.2) is 29.3 Å². The normalized spacial score (nSPS) is 10.2. The van der Waals surface area contributed by atoms with E-state index in [-0.39, 0.29) is 11.3 Å². The number of hydrogen-bond acceptors (Lipinski definition) is 4. The fourth-order valence-corrected chi connectivity index (χ4v) is 1.43. The number of H-pyrrole nitrogens is 1. The van der Waals surface area contributed by atoms with Crippen LogP contribution in [0.1, 0.15) is 20.8 Å². The summed E-state index contributed by atoms with van der Waals surface area (Å²) in [6, 6.07) is 3.42. The Balaban J connectivity index is 2.74. The van der Waals surface area contributed by atoms with Crippen LogP contribution in [0.5, 0.6) is 0 Å². The molecule has 5 nitrogen and oxygen atoms in total. The molecule has 1 N–H and O–H groups in total. The van der Waals surface area contributed by atoms with Gasteiger partial charge in [0.25, 0.3) is 0 Å². The first-order valence-electron chi connectivity index (χ1n) is 4.28. The lowest BCUT2D eigenvalue weighted by Gasteiger charge is -1.94. The summed E-state index contributed by atoms with van der Waals surface area (Å²) in [5.74, 6) is -0.574. The maximum atomic E-state index is 11.3. The number of rotatable bonds is 2. The molecule has 0 radical (unpaired) electrons. The highest BCUT2D eigenvalue weighted by Crippen LogP contribution is 2.19. The summed E-state index contributed by atoms with van der Waals surface area (Å²) < 4.78 is 4.55. The van der Waals surface area contributed by atoms with E-state index in [1.54, 1.807) is 18.3 Å². The molecule has 2 heterocycles. The molecule has 0 aromatic carbocycles. The lowest BCUT2D eigenvalue weighted by molar-refractivity contribution is 0.0593. The van der Waals surface area contributed by atoms with Crippen LogP contribution in [0.3, 0.4) is 0 Å².